The molecule has 0 unspecified atom stereocenters. The number of nitrogens with two attached hydrogens (primary N) is 1. The van der Waals surface area contributed by atoms with Gasteiger partial charge in [-0.15, -0.1) is 0 Å². The summed E-state index contributed by atoms with van der Waals surface area (Å²) in [6.07, 6.45) is 0. The summed E-state index contributed by atoms with van der Waals surface area (Å²) in [7, 11) is 0. The van der Waals surface area contributed by atoms with Crippen LogP contribution < -0.4 is 5.73 Å². The molecule has 0 bridgehead atoms. The van der Waals surface area contributed by atoms with Gasteiger partial charge in [-0.1, -0.05) is 11.6 Å². The van der Waals surface area contributed by atoms with Crippen molar-refractivity contribution in [3.63, 3.8) is 0 Å². The van der Waals surface area contributed by atoms with Crippen molar-refractivity contribution < 1.29 is 14.5 Å². The molecule has 0 fully saturated rings. The predicted octanol–water partition coefficient (Wildman–Crippen LogP) is 2.01. The number of esters is 1. The van der Waals surface area contributed by atoms with Gasteiger partial charge in [0, 0.05) is 0 Å². The van der Waals surface area contributed by atoms with Crippen molar-refractivity contribution in [2.75, 3.05) is 12.3 Å². The van der Waals surface area contributed by atoms with Crippen LogP contribution >= 0.6 is 11.6 Å². The molecular weight excluding hydrogens is 236 g/mol. The van der Waals surface area contributed by atoms with E-state index in [-0.39, 0.29) is 22.9 Å². The van der Waals surface area contributed by atoms with E-state index < -0.39 is 16.6 Å². The average molecular weight is 245 g/mol. The summed E-state index contributed by atoms with van der Waals surface area (Å²) >= 11 is 5.64. The summed E-state index contributed by atoms with van der Waals surface area (Å²) < 4.78 is 4.72. The Morgan fingerprint density at radius 1 is 1.62 bits per heavy atom. The van der Waals surface area contributed by atoms with E-state index in [0.29, 0.717) is 0 Å². The zero-order chi connectivity index (χ0) is 12.3. The number of ether oxygens (including phenoxy) is 1. The third-order valence-electron chi connectivity index (χ3n) is 1.79. The van der Waals surface area contributed by atoms with Crippen LogP contribution in [-0.4, -0.2) is 17.5 Å². The van der Waals surface area contributed by atoms with Crippen LogP contribution in [-0.2, 0) is 4.74 Å². The maximum absolute atomic E-state index is 11.3. The first-order chi connectivity index (χ1) is 7.47. The lowest BCUT2D eigenvalue weighted by atomic mass is 10.2. The molecular formula is C9H9ClN2O4. The highest BCUT2D eigenvalue weighted by Crippen LogP contribution is 2.32. The number of hydrogen-bond donors (Lipinski definition) is 1. The maximum Gasteiger partial charge on any atom is 0.338 e. The monoisotopic (exact) mass is 244 g/mol. The highest BCUT2D eigenvalue weighted by Gasteiger charge is 2.20. The zero-order valence-corrected chi connectivity index (χ0v) is 9.15. The zero-order valence-electron chi connectivity index (χ0n) is 8.40. The Labute approximate surface area is 96.1 Å². The number of anilines is 1. The number of nitro groups is 1. The molecule has 0 aliphatic rings. The lowest BCUT2D eigenvalue weighted by Crippen LogP contribution is -2.06. The van der Waals surface area contributed by atoms with Crippen LogP contribution in [0.15, 0.2) is 12.1 Å². The summed E-state index contributed by atoms with van der Waals surface area (Å²) in [5.74, 6) is -0.619. The standard InChI is InChI=1S/C9H9ClN2O4/c1-2-16-9(13)5-3-6(10)8(12(14)15)7(11)4-5/h3-4H,2,11H2,1H3. The van der Waals surface area contributed by atoms with Gasteiger partial charge in [-0.05, 0) is 19.1 Å². The maximum atomic E-state index is 11.3. The molecule has 6 nitrogen and oxygen atoms in total. The lowest BCUT2D eigenvalue weighted by molar-refractivity contribution is -0.383. The van der Waals surface area contributed by atoms with Crippen molar-refractivity contribution in [1.29, 1.82) is 0 Å². The van der Waals surface area contributed by atoms with Gasteiger partial charge in [0.2, 0.25) is 0 Å². The molecule has 1 aromatic rings. The molecule has 86 valence electrons. The van der Waals surface area contributed by atoms with Gasteiger partial charge < -0.3 is 10.5 Å². The highest BCUT2D eigenvalue weighted by atomic mass is 35.5. The molecule has 1 aromatic carbocycles. The van der Waals surface area contributed by atoms with Crippen molar-refractivity contribution in [2.24, 2.45) is 0 Å². The fourth-order valence-electron chi connectivity index (χ4n) is 1.15. The van der Waals surface area contributed by atoms with Crippen LogP contribution in [0.2, 0.25) is 5.02 Å². The van der Waals surface area contributed by atoms with Crippen molar-refractivity contribution in [1.82, 2.24) is 0 Å². The Bertz CT molecular complexity index is 424. The quantitative estimate of drug-likeness (QED) is 0.380. The van der Waals surface area contributed by atoms with E-state index in [4.69, 9.17) is 22.1 Å². The van der Waals surface area contributed by atoms with Crippen molar-refractivity contribution in [3.8, 4) is 0 Å². The number of nitrogens with zero attached hydrogens (tertiary/aromatic N) is 1. The van der Waals surface area contributed by atoms with Crippen molar-refractivity contribution in [2.45, 2.75) is 6.92 Å². The molecule has 16 heavy (non-hydrogen) atoms. The second kappa shape index (κ2) is 4.80. The first kappa shape index (κ1) is 12.3. The van der Waals surface area contributed by atoms with Crippen LogP contribution in [0.3, 0.4) is 0 Å². The highest BCUT2D eigenvalue weighted by molar-refractivity contribution is 6.33. The molecule has 0 spiro atoms. The number of nitro benzene ring substituents is 1. The molecule has 1 rings (SSSR count). The van der Waals surface area contributed by atoms with Gasteiger partial charge in [-0.2, -0.15) is 0 Å². The molecule has 0 aliphatic heterocycles. The summed E-state index contributed by atoms with van der Waals surface area (Å²) in [6, 6.07) is 2.33. The van der Waals surface area contributed by atoms with E-state index in [9.17, 15) is 14.9 Å². The molecule has 0 aliphatic carbocycles. The van der Waals surface area contributed by atoms with E-state index in [0.717, 1.165) is 6.07 Å². The van der Waals surface area contributed by atoms with E-state index in [2.05, 4.69) is 0 Å². The number of nitrogen functional groups attached to an aromatic ring is 1. The summed E-state index contributed by atoms with van der Waals surface area (Å²) in [5.41, 5.74) is 4.94. The molecule has 0 saturated carbocycles. The van der Waals surface area contributed by atoms with Crippen LogP contribution in [0.5, 0.6) is 0 Å². The van der Waals surface area contributed by atoms with Gasteiger partial charge in [-0.3, -0.25) is 10.1 Å². The molecule has 0 saturated heterocycles. The number of benzene rings is 1. The van der Waals surface area contributed by atoms with Crippen LogP contribution in [0, 0.1) is 10.1 Å². The minimum atomic E-state index is -0.702. The lowest BCUT2D eigenvalue weighted by Gasteiger charge is -2.04. The number of halogens is 1. The van der Waals surface area contributed by atoms with Crippen molar-refractivity contribution >= 4 is 28.9 Å². The number of rotatable bonds is 3. The molecule has 0 radical (unpaired) electrons. The minimum Gasteiger partial charge on any atom is -0.462 e. The average Bonchev–Trinajstić information content (AvgIpc) is 2.16. The minimum absolute atomic E-state index is 0.0925. The molecule has 0 atom stereocenters. The smallest absolute Gasteiger partial charge is 0.338 e. The molecule has 0 aromatic heterocycles. The molecule has 0 heterocycles. The molecule has 0 amide bonds. The second-order valence-corrected chi connectivity index (χ2v) is 3.28. The van der Waals surface area contributed by atoms with E-state index in [1.807, 2.05) is 0 Å². The van der Waals surface area contributed by atoms with Crippen LogP contribution in [0.1, 0.15) is 17.3 Å². The Morgan fingerprint density at radius 3 is 2.69 bits per heavy atom. The number of hydrogen-bond acceptors (Lipinski definition) is 5. The Kier molecular flexibility index (Phi) is 3.68. The Hall–Kier alpha value is -1.82. The fourth-order valence-corrected chi connectivity index (χ4v) is 1.44. The topological polar surface area (TPSA) is 95.5 Å². The molecule has 2 N–H and O–H groups in total. The second-order valence-electron chi connectivity index (χ2n) is 2.87. The fraction of sp³-hybridized carbons (Fsp3) is 0.222. The normalized spacial score (nSPS) is 9.88. The van der Waals surface area contributed by atoms with Gasteiger partial charge in [0.1, 0.15) is 10.7 Å². The van der Waals surface area contributed by atoms with Gasteiger partial charge >= 0.3 is 11.7 Å². The van der Waals surface area contributed by atoms with Crippen LogP contribution in [0.25, 0.3) is 0 Å². The third-order valence-corrected chi connectivity index (χ3v) is 2.07. The summed E-state index contributed by atoms with van der Waals surface area (Å²) in [6.45, 7) is 1.85. The van der Waals surface area contributed by atoms with Gasteiger partial charge in [-0.25, -0.2) is 4.79 Å². The number of carbonyl (C=O) groups is 1. The van der Waals surface area contributed by atoms with E-state index >= 15 is 0 Å². The van der Waals surface area contributed by atoms with E-state index in [1.165, 1.54) is 6.07 Å². The predicted molar refractivity (Wildman–Crippen MR) is 58.5 cm³/mol. The Balaban J connectivity index is 3.19. The third kappa shape index (κ3) is 2.40. The summed E-state index contributed by atoms with van der Waals surface area (Å²) in [4.78, 5) is 21.2. The first-order valence-corrected chi connectivity index (χ1v) is 4.75. The van der Waals surface area contributed by atoms with Gasteiger partial charge in [0.15, 0.2) is 0 Å². The Morgan fingerprint density at radius 2 is 2.25 bits per heavy atom. The van der Waals surface area contributed by atoms with Crippen LogP contribution in [0.4, 0.5) is 11.4 Å². The largest absolute Gasteiger partial charge is 0.462 e. The molecule has 7 heteroatoms. The summed E-state index contributed by atoms with van der Waals surface area (Å²) in [5, 5.41) is 10.4. The number of carbonyl (C=O) groups excluding carboxylic acids is 1. The first-order valence-electron chi connectivity index (χ1n) is 4.38. The SMILES string of the molecule is CCOC(=O)c1cc(N)c([N+](=O)[O-])c(Cl)c1. The van der Waals surface area contributed by atoms with Gasteiger partial charge in [0.05, 0.1) is 17.1 Å². The van der Waals surface area contributed by atoms with E-state index in [1.54, 1.807) is 6.92 Å². The van der Waals surface area contributed by atoms with Gasteiger partial charge in [0.25, 0.3) is 0 Å². The van der Waals surface area contributed by atoms with Crippen molar-refractivity contribution in [3.05, 3.63) is 32.8 Å².